The smallest absolute Gasteiger partial charge is 0.189 e. The van der Waals surface area contributed by atoms with Gasteiger partial charge < -0.3 is 15.6 Å². The van der Waals surface area contributed by atoms with Crippen molar-refractivity contribution in [1.29, 1.82) is 0 Å². The molecule has 0 aliphatic carbocycles. The third-order valence-electron chi connectivity index (χ3n) is 4.19. The number of benzene rings is 2. The molecule has 0 amide bonds. The quantitative estimate of drug-likeness (QED) is 0.568. The average molecular weight is 356 g/mol. The van der Waals surface area contributed by atoms with Gasteiger partial charge in [-0.15, -0.1) is 0 Å². The topological polar surface area (TPSA) is 89.9 Å². The van der Waals surface area contributed by atoms with Gasteiger partial charge in [0, 0.05) is 23.7 Å². The Morgan fingerprint density at radius 2 is 1.78 bits per heavy atom. The first-order chi connectivity index (χ1) is 13.2. The lowest BCUT2D eigenvalue weighted by atomic mass is 10.1. The minimum atomic E-state index is 0.299. The van der Waals surface area contributed by atoms with Crippen LogP contribution in [0.1, 0.15) is 5.56 Å². The molecule has 2 heterocycles. The molecule has 3 N–H and O–H groups in total. The molecule has 2 aromatic carbocycles. The van der Waals surface area contributed by atoms with Crippen molar-refractivity contribution in [3.05, 3.63) is 72.4 Å². The van der Waals surface area contributed by atoms with Crippen molar-refractivity contribution in [1.82, 2.24) is 20.4 Å². The second-order valence-electron chi connectivity index (χ2n) is 6.08. The normalized spacial score (nSPS) is 10.9. The summed E-state index contributed by atoms with van der Waals surface area (Å²) in [5.74, 6) is 0.784. The van der Waals surface area contributed by atoms with Crippen LogP contribution in [-0.2, 0) is 6.54 Å². The molecule has 6 heteroatoms. The summed E-state index contributed by atoms with van der Waals surface area (Å²) in [6.07, 6.45) is 1.64. The third-order valence-corrected chi connectivity index (χ3v) is 4.19. The maximum Gasteiger partial charge on any atom is 0.189 e. The minimum Gasteiger partial charge on any atom is -0.382 e. The molecule has 0 aliphatic rings. The molecule has 0 spiro atoms. The zero-order valence-corrected chi connectivity index (χ0v) is 14.8. The number of nitrogens with zero attached hydrogens (tertiary/aromatic N) is 3. The Bertz CT molecular complexity index is 1040. The van der Waals surface area contributed by atoms with Crippen molar-refractivity contribution in [3.8, 4) is 34.0 Å². The Morgan fingerprint density at radius 3 is 2.52 bits per heavy atom. The van der Waals surface area contributed by atoms with E-state index < -0.39 is 0 Å². The molecule has 0 bridgehead atoms. The monoisotopic (exact) mass is 356 g/mol. The predicted molar refractivity (Wildman–Crippen MR) is 104 cm³/mol. The maximum atomic E-state index is 6.03. The standard InChI is InChI=1S/C21H18N5O/c1-23-12-14-7-9-16(10-8-14)17-11-19(27-26-17)20-21(22)24-13-18(25-20)15-5-3-2-4-6-15/h3-11,13,23H,12H2,1H3,(H2,22,24). The Balaban J connectivity index is 1.67. The maximum absolute atomic E-state index is 6.03. The van der Waals surface area contributed by atoms with E-state index in [9.17, 15) is 0 Å². The highest BCUT2D eigenvalue weighted by atomic mass is 16.5. The van der Waals surface area contributed by atoms with Crippen LogP contribution in [0.3, 0.4) is 0 Å². The fraction of sp³-hybridized carbons (Fsp3) is 0.0952. The van der Waals surface area contributed by atoms with Crippen molar-refractivity contribution in [3.63, 3.8) is 0 Å². The summed E-state index contributed by atoms with van der Waals surface area (Å²) in [7, 11) is 1.92. The molecule has 0 aliphatic heterocycles. The van der Waals surface area contributed by atoms with Gasteiger partial charge in [-0.25, -0.2) is 9.97 Å². The van der Waals surface area contributed by atoms with E-state index in [1.165, 1.54) is 5.56 Å². The van der Waals surface area contributed by atoms with E-state index in [1.807, 2.05) is 49.5 Å². The summed E-state index contributed by atoms with van der Waals surface area (Å²) < 4.78 is 5.50. The largest absolute Gasteiger partial charge is 0.382 e. The summed E-state index contributed by atoms with van der Waals surface area (Å²) in [5, 5.41) is 7.29. The van der Waals surface area contributed by atoms with Crippen molar-refractivity contribution < 1.29 is 4.52 Å². The molecular formula is C21H18N5O. The summed E-state index contributed by atoms with van der Waals surface area (Å²) in [6.45, 7) is 0.820. The van der Waals surface area contributed by atoms with Crippen LogP contribution in [0.4, 0.5) is 5.82 Å². The predicted octanol–water partition coefficient (Wildman–Crippen LogP) is 3.57. The Labute approximate surface area is 157 Å². The van der Waals surface area contributed by atoms with Crippen LogP contribution in [0, 0.1) is 6.07 Å². The van der Waals surface area contributed by atoms with Crippen molar-refractivity contribution in [2.24, 2.45) is 0 Å². The first-order valence-corrected chi connectivity index (χ1v) is 8.54. The molecule has 0 atom stereocenters. The third kappa shape index (κ3) is 3.56. The SMILES string of the molecule is CNCc1ccc(-c2cc(-c3nc(-c4cc[c]cc4)cnc3N)on2)cc1. The molecule has 0 saturated heterocycles. The molecule has 6 nitrogen and oxygen atoms in total. The number of nitrogen functional groups attached to an aromatic ring is 1. The highest BCUT2D eigenvalue weighted by Crippen LogP contribution is 2.29. The molecule has 0 fully saturated rings. The number of aromatic nitrogens is 3. The molecule has 0 saturated carbocycles. The van der Waals surface area contributed by atoms with E-state index in [-0.39, 0.29) is 0 Å². The van der Waals surface area contributed by atoms with Crippen LogP contribution in [0.5, 0.6) is 0 Å². The lowest BCUT2D eigenvalue weighted by Gasteiger charge is -2.04. The first-order valence-electron chi connectivity index (χ1n) is 8.54. The lowest BCUT2D eigenvalue weighted by Crippen LogP contribution is -2.04. The van der Waals surface area contributed by atoms with Crippen molar-refractivity contribution in [2.45, 2.75) is 6.54 Å². The van der Waals surface area contributed by atoms with Crippen LogP contribution in [0.25, 0.3) is 34.0 Å². The van der Waals surface area contributed by atoms with Crippen LogP contribution in [0.2, 0.25) is 0 Å². The van der Waals surface area contributed by atoms with Crippen LogP contribution in [0.15, 0.2) is 65.3 Å². The second kappa shape index (κ2) is 7.39. The zero-order chi connectivity index (χ0) is 18.6. The van der Waals surface area contributed by atoms with Gasteiger partial charge in [0.05, 0.1) is 11.9 Å². The van der Waals surface area contributed by atoms with Crippen LogP contribution >= 0.6 is 0 Å². The Morgan fingerprint density at radius 1 is 1.04 bits per heavy atom. The highest BCUT2D eigenvalue weighted by molar-refractivity contribution is 5.73. The molecule has 1 radical (unpaired) electrons. The van der Waals surface area contributed by atoms with Crippen molar-refractivity contribution in [2.75, 3.05) is 12.8 Å². The molecule has 27 heavy (non-hydrogen) atoms. The molecule has 0 unspecified atom stereocenters. The zero-order valence-electron chi connectivity index (χ0n) is 14.8. The van der Waals surface area contributed by atoms with Gasteiger partial charge in [0.15, 0.2) is 17.3 Å². The van der Waals surface area contributed by atoms with Gasteiger partial charge in [0.25, 0.3) is 0 Å². The number of anilines is 1. The van der Waals surface area contributed by atoms with E-state index in [1.54, 1.807) is 6.20 Å². The summed E-state index contributed by atoms with van der Waals surface area (Å²) >= 11 is 0. The van der Waals surface area contributed by atoms with Gasteiger partial charge in [0.1, 0.15) is 5.69 Å². The van der Waals surface area contributed by atoms with E-state index in [0.29, 0.717) is 23.0 Å². The first kappa shape index (κ1) is 16.9. The number of nitrogens with one attached hydrogen (secondary N) is 1. The summed E-state index contributed by atoms with van der Waals surface area (Å²) in [6, 6.07) is 20.5. The second-order valence-corrected chi connectivity index (χ2v) is 6.08. The van der Waals surface area contributed by atoms with Gasteiger partial charge in [-0.2, -0.15) is 0 Å². The number of nitrogens with two attached hydrogens (primary N) is 1. The summed E-state index contributed by atoms with van der Waals surface area (Å²) in [4.78, 5) is 8.87. The highest BCUT2D eigenvalue weighted by Gasteiger charge is 2.15. The Kier molecular flexibility index (Phi) is 4.63. The average Bonchev–Trinajstić information content (AvgIpc) is 3.20. The van der Waals surface area contributed by atoms with E-state index in [2.05, 4.69) is 38.6 Å². The lowest BCUT2D eigenvalue weighted by molar-refractivity contribution is 0.434. The molecule has 4 rings (SSSR count). The van der Waals surface area contributed by atoms with Crippen LogP contribution < -0.4 is 11.1 Å². The van der Waals surface area contributed by atoms with E-state index in [0.717, 1.165) is 23.4 Å². The Hall–Kier alpha value is -3.51. The van der Waals surface area contributed by atoms with Crippen LogP contribution in [-0.4, -0.2) is 22.2 Å². The summed E-state index contributed by atoms with van der Waals surface area (Å²) in [5.41, 5.74) is 11.0. The van der Waals surface area contributed by atoms with Gasteiger partial charge in [0.2, 0.25) is 0 Å². The fourth-order valence-electron chi connectivity index (χ4n) is 2.80. The van der Waals surface area contributed by atoms with Gasteiger partial charge in [-0.1, -0.05) is 53.7 Å². The molecular weight excluding hydrogens is 338 g/mol. The minimum absolute atomic E-state index is 0.299. The molecule has 4 aromatic rings. The molecule has 133 valence electrons. The van der Waals surface area contributed by atoms with E-state index >= 15 is 0 Å². The fourth-order valence-corrected chi connectivity index (χ4v) is 2.80. The molecule has 2 aromatic heterocycles. The number of rotatable bonds is 5. The number of hydrogen-bond acceptors (Lipinski definition) is 6. The van der Waals surface area contributed by atoms with Crippen molar-refractivity contribution >= 4 is 5.82 Å². The van der Waals surface area contributed by atoms with E-state index in [4.69, 9.17) is 10.3 Å². The van der Waals surface area contributed by atoms with Gasteiger partial charge in [-0.05, 0) is 18.7 Å². The number of hydrogen-bond donors (Lipinski definition) is 2. The van der Waals surface area contributed by atoms with Gasteiger partial charge >= 0.3 is 0 Å². The van der Waals surface area contributed by atoms with Gasteiger partial charge in [-0.3, -0.25) is 0 Å².